The van der Waals surface area contributed by atoms with Gasteiger partial charge in [-0.25, -0.2) is 9.59 Å². The number of hydrogen-bond donors (Lipinski definition) is 2. The van der Waals surface area contributed by atoms with Gasteiger partial charge in [0.2, 0.25) is 0 Å². The fourth-order valence-electron chi connectivity index (χ4n) is 1.76. The van der Waals surface area contributed by atoms with Crippen LogP contribution >= 0.6 is 0 Å². The standard InChI is InChI=1S/C18H24N2O4/c1-18(2,3)24-17(22)20-15(12-19)7-5-6-13-8-10-14(11-9-13)16(21)23-4/h8-11,15H,6,12,19H2,1-4H3,(H,20,22). The number of esters is 1. The summed E-state index contributed by atoms with van der Waals surface area (Å²) in [5.74, 6) is 5.49. The van der Waals surface area contributed by atoms with Crippen LogP contribution in [0.5, 0.6) is 0 Å². The van der Waals surface area contributed by atoms with Crippen LogP contribution < -0.4 is 11.1 Å². The molecule has 0 bridgehead atoms. The van der Waals surface area contributed by atoms with E-state index in [0.717, 1.165) is 5.56 Å². The van der Waals surface area contributed by atoms with E-state index >= 15 is 0 Å². The van der Waals surface area contributed by atoms with Gasteiger partial charge in [0, 0.05) is 13.0 Å². The second-order valence-electron chi connectivity index (χ2n) is 6.12. The molecule has 0 saturated carbocycles. The summed E-state index contributed by atoms with van der Waals surface area (Å²) in [5.41, 5.74) is 6.47. The van der Waals surface area contributed by atoms with Gasteiger partial charge < -0.3 is 20.5 Å². The summed E-state index contributed by atoms with van der Waals surface area (Å²) in [6, 6.07) is 6.50. The highest BCUT2D eigenvalue weighted by Crippen LogP contribution is 2.07. The average Bonchev–Trinajstić information content (AvgIpc) is 2.52. The number of nitrogens with one attached hydrogen (secondary N) is 1. The second-order valence-corrected chi connectivity index (χ2v) is 6.12. The van der Waals surface area contributed by atoms with Crippen LogP contribution in [0.25, 0.3) is 0 Å². The number of rotatable bonds is 4. The molecular weight excluding hydrogens is 308 g/mol. The molecule has 1 aromatic rings. The maximum Gasteiger partial charge on any atom is 0.408 e. The Morgan fingerprint density at radius 3 is 2.38 bits per heavy atom. The Balaban J connectivity index is 2.59. The molecular formula is C18H24N2O4. The predicted octanol–water partition coefficient (Wildman–Crippen LogP) is 1.87. The first kappa shape index (κ1) is 19.5. The summed E-state index contributed by atoms with van der Waals surface area (Å²) in [7, 11) is 1.34. The molecule has 0 fully saturated rings. The fraction of sp³-hybridized carbons (Fsp3) is 0.444. The quantitative estimate of drug-likeness (QED) is 0.649. The Morgan fingerprint density at radius 2 is 1.88 bits per heavy atom. The molecule has 1 aromatic carbocycles. The summed E-state index contributed by atoms with van der Waals surface area (Å²) < 4.78 is 9.81. The highest BCUT2D eigenvalue weighted by Gasteiger charge is 2.17. The molecule has 0 saturated heterocycles. The van der Waals surface area contributed by atoms with Gasteiger partial charge in [0.05, 0.1) is 12.7 Å². The molecule has 0 aromatic heterocycles. The first-order valence-electron chi connectivity index (χ1n) is 7.60. The van der Waals surface area contributed by atoms with Crippen LogP contribution in [0.15, 0.2) is 24.3 Å². The first-order chi connectivity index (χ1) is 11.2. The molecule has 130 valence electrons. The minimum absolute atomic E-state index is 0.188. The van der Waals surface area contributed by atoms with Gasteiger partial charge in [0.15, 0.2) is 0 Å². The number of amides is 1. The molecule has 0 radical (unpaired) electrons. The molecule has 1 unspecified atom stereocenters. The molecule has 3 N–H and O–H groups in total. The maximum absolute atomic E-state index is 11.7. The van der Waals surface area contributed by atoms with E-state index in [4.69, 9.17) is 10.5 Å². The Kier molecular flexibility index (Phi) is 7.28. The zero-order valence-corrected chi connectivity index (χ0v) is 14.5. The van der Waals surface area contributed by atoms with Crippen molar-refractivity contribution < 1.29 is 19.1 Å². The van der Waals surface area contributed by atoms with Crippen LogP contribution in [0.2, 0.25) is 0 Å². The van der Waals surface area contributed by atoms with E-state index in [-0.39, 0.29) is 12.5 Å². The number of ether oxygens (including phenoxy) is 2. The lowest BCUT2D eigenvalue weighted by atomic mass is 10.1. The van der Waals surface area contributed by atoms with Crippen molar-refractivity contribution in [3.8, 4) is 11.8 Å². The lowest BCUT2D eigenvalue weighted by Crippen LogP contribution is -2.42. The van der Waals surface area contributed by atoms with E-state index in [2.05, 4.69) is 21.9 Å². The number of methoxy groups -OCH3 is 1. The van der Waals surface area contributed by atoms with Crippen molar-refractivity contribution in [2.24, 2.45) is 5.73 Å². The van der Waals surface area contributed by atoms with Crippen LogP contribution in [0, 0.1) is 11.8 Å². The minimum atomic E-state index is -0.571. The molecule has 1 atom stereocenters. The third kappa shape index (κ3) is 7.16. The topological polar surface area (TPSA) is 90.6 Å². The lowest BCUT2D eigenvalue weighted by molar-refractivity contribution is 0.0516. The Labute approximate surface area is 142 Å². The van der Waals surface area contributed by atoms with Gasteiger partial charge >= 0.3 is 12.1 Å². The van der Waals surface area contributed by atoms with Crippen molar-refractivity contribution >= 4 is 12.1 Å². The highest BCUT2D eigenvalue weighted by atomic mass is 16.6. The van der Waals surface area contributed by atoms with Crippen LogP contribution in [-0.2, 0) is 15.9 Å². The van der Waals surface area contributed by atoms with E-state index in [1.54, 1.807) is 45.0 Å². The van der Waals surface area contributed by atoms with Gasteiger partial charge in [-0.2, -0.15) is 0 Å². The SMILES string of the molecule is COC(=O)c1ccc(CC#CC(CN)NC(=O)OC(C)(C)C)cc1. The summed E-state index contributed by atoms with van der Waals surface area (Å²) in [4.78, 5) is 23.0. The molecule has 1 amide bonds. The van der Waals surface area contributed by atoms with Crippen LogP contribution in [0.3, 0.4) is 0 Å². The Hall–Kier alpha value is -2.52. The van der Waals surface area contributed by atoms with Gasteiger partial charge in [0.1, 0.15) is 11.6 Å². The first-order valence-corrected chi connectivity index (χ1v) is 7.60. The van der Waals surface area contributed by atoms with Gasteiger partial charge in [-0.3, -0.25) is 0 Å². The summed E-state index contributed by atoms with van der Waals surface area (Å²) in [6.07, 6.45) is -0.0665. The monoisotopic (exact) mass is 332 g/mol. The third-order valence-electron chi connectivity index (χ3n) is 2.87. The van der Waals surface area contributed by atoms with Crippen molar-refractivity contribution in [2.75, 3.05) is 13.7 Å². The number of nitrogens with two attached hydrogens (primary N) is 1. The molecule has 0 spiro atoms. The van der Waals surface area contributed by atoms with Crippen molar-refractivity contribution in [1.29, 1.82) is 0 Å². The van der Waals surface area contributed by atoms with Crippen molar-refractivity contribution in [2.45, 2.75) is 38.8 Å². The summed E-state index contributed by atoms with van der Waals surface area (Å²) in [6.45, 7) is 5.54. The van der Waals surface area contributed by atoms with Crippen LogP contribution in [-0.4, -0.2) is 37.4 Å². The lowest BCUT2D eigenvalue weighted by Gasteiger charge is -2.21. The highest BCUT2D eigenvalue weighted by molar-refractivity contribution is 5.89. The molecule has 1 rings (SSSR count). The van der Waals surface area contributed by atoms with Crippen molar-refractivity contribution in [1.82, 2.24) is 5.32 Å². The normalized spacial score (nSPS) is 11.7. The smallest absolute Gasteiger partial charge is 0.408 e. The van der Waals surface area contributed by atoms with Crippen LogP contribution in [0.4, 0.5) is 4.79 Å². The zero-order valence-electron chi connectivity index (χ0n) is 14.5. The van der Waals surface area contributed by atoms with Gasteiger partial charge in [-0.05, 0) is 38.5 Å². The Morgan fingerprint density at radius 1 is 1.25 bits per heavy atom. The zero-order chi connectivity index (χ0) is 18.2. The van der Waals surface area contributed by atoms with E-state index in [9.17, 15) is 9.59 Å². The van der Waals surface area contributed by atoms with E-state index in [1.165, 1.54) is 7.11 Å². The summed E-state index contributed by atoms with van der Waals surface area (Å²) in [5, 5.41) is 2.62. The van der Waals surface area contributed by atoms with E-state index in [0.29, 0.717) is 12.0 Å². The fourth-order valence-corrected chi connectivity index (χ4v) is 1.76. The van der Waals surface area contributed by atoms with Crippen molar-refractivity contribution in [3.05, 3.63) is 35.4 Å². The molecule has 6 nitrogen and oxygen atoms in total. The minimum Gasteiger partial charge on any atom is -0.465 e. The summed E-state index contributed by atoms with van der Waals surface area (Å²) >= 11 is 0. The molecule has 0 aliphatic heterocycles. The molecule has 0 heterocycles. The Bertz CT molecular complexity index is 621. The van der Waals surface area contributed by atoms with Gasteiger partial charge in [0.25, 0.3) is 0 Å². The van der Waals surface area contributed by atoms with E-state index in [1.807, 2.05) is 0 Å². The molecule has 24 heavy (non-hydrogen) atoms. The molecule has 0 aliphatic rings. The average molecular weight is 332 g/mol. The molecule has 0 aliphatic carbocycles. The van der Waals surface area contributed by atoms with Gasteiger partial charge in [-0.1, -0.05) is 24.0 Å². The van der Waals surface area contributed by atoms with Crippen LogP contribution in [0.1, 0.15) is 36.7 Å². The maximum atomic E-state index is 11.7. The predicted molar refractivity (Wildman–Crippen MR) is 91.5 cm³/mol. The largest absolute Gasteiger partial charge is 0.465 e. The molecule has 6 heteroatoms. The number of benzene rings is 1. The number of carbonyl (C=O) groups is 2. The van der Waals surface area contributed by atoms with Crippen molar-refractivity contribution in [3.63, 3.8) is 0 Å². The van der Waals surface area contributed by atoms with Gasteiger partial charge in [-0.15, -0.1) is 0 Å². The number of carbonyl (C=O) groups excluding carboxylic acids is 2. The third-order valence-corrected chi connectivity index (χ3v) is 2.87. The number of alkyl carbamates (subject to hydrolysis) is 1. The second kappa shape index (κ2) is 8.94. The van der Waals surface area contributed by atoms with E-state index < -0.39 is 17.7 Å². The number of hydrogen-bond acceptors (Lipinski definition) is 5.